The lowest BCUT2D eigenvalue weighted by molar-refractivity contribution is -0.140. The van der Waals surface area contributed by atoms with Crippen molar-refractivity contribution in [3.05, 3.63) is 67.3 Å². The average molecular weight is 589 g/mol. The van der Waals surface area contributed by atoms with Crippen LogP contribution in [-0.4, -0.2) is 44.7 Å². The highest BCUT2D eigenvalue weighted by molar-refractivity contribution is 9.10. The highest BCUT2D eigenvalue weighted by Gasteiger charge is 2.55. The molecule has 6 nitrogen and oxygen atoms in total. The first kappa shape index (κ1) is 27.8. The number of halogens is 1. The Balaban J connectivity index is 1.57. The Kier molecular flexibility index (Phi) is 8.74. The van der Waals surface area contributed by atoms with E-state index in [0.717, 1.165) is 26.1 Å². The number of nitrogens with zero attached hydrogens (tertiary/aromatic N) is 1. The fraction of sp³-hybridized carbons (Fsp3) is 0.448. The molecule has 37 heavy (non-hydrogen) atoms. The van der Waals surface area contributed by atoms with E-state index in [1.54, 1.807) is 12.1 Å². The Labute approximate surface area is 230 Å². The van der Waals surface area contributed by atoms with Gasteiger partial charge in [-0.2, -0.15) is 0 Å². The van der Waals surface area contributed by atoms with E-state index in [0.29, 0.717) is 24.8 Å². The number of thiophene rings is 1. The predicted octanol–water partition coefficient (Wildman–Crippen LogP) is 5.53. The largest absolute Gasteiger partial charge is 0.507 e. The van der Waals surface area contributed by atoms with Crippen molar-refractivity contribution in [2.75, 3.05) is 6.61 Å². The van der Waals surface area contributed by atoms with E-state index < -0.39 is 23.9 Å². The number of carbonyl (C=O) groups is 2. The molecule has 1 aromatic heterocycles. The van der Waals surface area contributed by atoms with Gasteiger partial charge in [0.25, 0.3) is 0 Å². The second kappa shape index (κ2) is 11.6. The lowest BCUT2D eigenvalue weighted by Crippen LogP contribution is -2.39. The Bertz CT molecular complexity index is 1220. The van der Waals surface area contributed by atoms with Crippen LogP contribution in [0.15, 0.2) is 56.9 Å². The number of phenols is 1. The SMILES string of the molecule is C/C(=C\c1cc(Br)ccc1O)CC[C@@H](O)C1=C(C(C)C)C[C@H]2C(=O)N(Cc3cccs3)C(=O)[C@H]2[C@H]1CO. The maximum absolute atomic E-state index is 13.5. The van der Waals surface area contributed by atoms with E-state index in [1.165, 1.54) is 16.2 Å². The molecule has 2 amide bonds. The third-order valence-electron chi connectivity index (χ3n) is 7.56. The minimum absolute atomic E-state index is 0.0733. The van der Waals surface area contributed by atoms with Gasteiger partial charge < -0.3 is 15.3 Å². The Morgan fingerprint density at radius 2 is 2.00 bits per heavy atom. The number of benzene rings is 1. The number of hydrogen-bond donors (Lipinski definition) is 3. The number of hydrogen-bond acceptors (Lipinski definition) is 6. The lowest BCUT2D eigenvalue weighted by atomic mass is 9.66. The van der Waals surface area contributed by atoms with Crippen LogP contribution in [0.25, 0.3) is 6.08 Å². The van der Waals surface area contributed by atoms with Crippen molar-refractivity contribution in [1.29, 1.82) is 0 Å². The van der Waals surface area contributed by atoms with Crippen LogP contribution in [0, 0.1) is 23.7 Å². The Morgan fingerprint density at radius 3 is 2.65 bits per heavy atom. The van der Waals surface area contributed by atoms with Gasteiger partial charge in [0.05, 0.1) is 31.1 Å². The molecular formula is C29H34BrNO5S. The monoisotopic (exact) mass is 587 g/mol. The minimum Gasteiger partial charge on any atom is -0.507 e. The second-order valence-corrected chi connectivity index (χ2v) is 12.3. The van der Waals surface area contributed by atoms with Gasteiger partial charge in [-0.15, -0.1) is 11.3 Å². The maximum atomic E-state index is 13.5. The fourth-order valence-electron chi connectivity index (χ4n) is 5.72. The molecular weight excluding hydrogens is 554 g/mol. The molecule has 0 saturated carbocycles. The molecule has 4 rings (SSSR count). The summed E-state index contributed by atoms with van der Waals surface area (Å²) in [7, 11) is 0. The molecule has 0 bridgehead atoms. The summed E-state index contributed by atoms with van der Waals surface area (Å²) in [5.41, 5.74) is 3.37. The van der Waals surface area contributed by atoms with Gasteiger partial charge in [0.1, 0.15) is 5.75 Å². The topological polar surface area (TPSA) is 98.1 Å². The summed E-state index contributed by atoms with van der Waals surface area (Å²) in [6.45, 7) is 5.97. The zero-order valence-corrected chi connectivity index (χ0v) is 23.8. The summed E-state index contributed by atoms with van der Waals surface area (Å²) >= 11 is 4.93. The fourth-order valence-corrected chi connectivity index (χ4v) is 6.79. The van der Waals surface area contributed by atoms with Crippen molar-refractivity contribution in [1.82, 2.24) is 4.90 Å². The van der Waals surface area contributed by atoms with Gasteiger partial charge in [0.2, 0.25) is 11.8 Å². The van der Waals surface area contributed by atoms with Gasteiger partial charge in [-0.05, 0) is 67.3 Å². The van der Waals surface area contributed by atoms with Crippen LogP contribution in [0.5, 0.6) is 5.75 Å². The van der Waals surface area contributed by atoms with Crippen molar-refractivity contribution in [3.8, 4) is 5.75 Å². The molecule has 0 spiro atoms. The summed E-state index contributed by atoms with van der Waals surface area (Å²) in [4.78, 5) is 29.1. The number of imide groups is 1. The summed E-state index contributed by atoms with van der Waals surface area (Å²) < 4.78 is 0.863. The van der Waals surface area contributed by atoms with E-state index >= 15 is 0 Å². The molecule has 1 aliphatic carbocycles. The van der Waals surface area contributed by atoms with Crippen molar-refractivity contribution in [2.45, 2.75) is 52.7 Å². The normalized spacial score (nSPS) is 23.3. The number of rotatable bonds is 9. The minimum atomic E-state index is -0.843. The van der Waals surface area contributed by atoms with E-state index in [-0.39, 0.29) is 36.6 Å². The molecule has 1 fully saturated rings. The number of fused-ring (bicyclic) bond motifs is 1. The number of aliphatic hydroxyl groups is 2. The lowest BCUT2D eigenvalue weighted by Gasteiger charge is -2.38. The van der Waals surface area contributed by atoms with Crippen LogP contribution in [0.2, 0.25) is 0 Å². The standard InChI is InChI=1S/C29H34BrNO5S/c1-16(2)21-13-22-27(29(36)31(28(22)35)14-20-5-4-10-37-20)23(15-32)26(21)25(34)8-6-17(3)11-18-12-19(30)7-9-24(18)33/h4-5,7,9-12,16,22-23,25,27,32-34H,6,8,13-15H2,1-3H3/b17-11+/t22-,23+,25-,27-/m1/s1. The molecule has 1 saturated heterocycles. The summed E-state index contributed by atoms with van der Waals surface area (Å²) in [5.74, 6) is -1.92. The summed E-state index contributed by atoms with van der Waals surface area (Å²) in [6, 6.07) is 9.04. The van der Waals surface area contributed by atoms with Gasteiger partial charge in [-0.25, -0.2) is 0 Å². The van der Waals surface area contributed by atoms with E-state index in [9.17, 15) is 24.9 Å². The van der Waals surface area contributed by atoms with Crippen molar-refractivity contribution < 1.29 is 24.9 Å². The first-order valence-electron chi connectivity index (χ1n) is 12.7. The number of likely N-dealkylation sites (tertiary alicyclic amines) is 1. The second-order valence-electron chi connectivity index (χ2n) is 10.4. The van der Waals surface area contributed by atoms with E-state index in [1.807, 2.05) is 50.4 Å². The first-order chi connectivity index (χ1) is 17.6. The molecule has 8 heteroatoms. The van der Waals surface area contributed by atoms with Crippen LogP contribution < -0.4 is 0 Å². The molecule has 1 aromatic carbocycles. The van der Waals surface area contributed by atoms with Crippen molar-refractivity contribution >= 4 is 45.2 Å². The van der Waals surface area contributed by atoms with Crippen LogP contribution in [0.1, 0.15) is 50.5 Å². The van der Waals surface area contributed by atoms with Gasteiger partial charge in [-0.1, -0.05) is 53.1 Å². The third-order valence-corrected chi connectivity index (χ3v) is 8.92. The quantitative estimate of drug-likeness (QED) is 0.265. The highest BCUT2D eigenvalue weighted by atomic mass is 79.9. The van der Waals surface area contributed by atoms with Crippen LogP contribution >= 0.6 is 27.3 Å². The van der Waals surface area contributed by atoms with Crippen molar-refractivity contribution in [3.63, 3.8) is 0 Å². The summed E-state index contributed by atoms with van der Waals surface area (Å²) in [5, 5.41) is 33.9. The number of allylic oxidation sites excluding steroid dienone is 2. The van der Waals surface area contributed by atoms with Gasteiger partial charge in [0, 0.05) is 20.8 Å². The Morgan fingerprint density at radius 1 is 1.24 bits per heavy atom. The molecule has 2 aliphatic rings. The Hall–Kier alpha value is -2.26. The van der Waals surface area contributed by atoms with Crippen molar-refractivity contribution in [2.24, 2.45) is 23.7 Å². The van der Waals surface area contributed by atoms with Gasteiger partial charge in [-0.3, -0.25) is 14.5 Å². The third kappa shape index (κ3) is 5.77. The molecule has 1 aliphatic heterocycles. The number of phenolic OH excluding ortho intramolecular Hbond substituents is 1. The number of aliphatic hydroxyl groups excluding tert-OH is 2. The molecule has 0 radical (unpaired) electrons. The zero-order chi connectivity index (χ0) is 26.9. The maximum Gasteiger partial charge on any atom is 0.234 e. The number of aromatic hydroxyl groups is 1. The van der Waals surface area contributed by atoms with Gasteiger partial charge in [0.15, 0.2) is 0 Å². The van der Waals surface area contributed by atoms with Crippen LogP contribution in [-0.2, 0) is 16.1 Å². The number of carbonyl (C=O) groups excluding carboxylic acids is 2. The zero-order valence-electron chi connectivity index (χ0n) is 21.4. The molecule has 0 unspecified atom stereocenters. The molecule has 3 N–H and O–H groups in total. The summed E-state index contributed by atoms with van der Waals surface area (Å²) in [6.07, 6.45) is 2.47. The molecule has 4 atom stereocenters. The average Bonchev–Trinajstić information content (AvgIpc) is 3.46. The van der Waals surface area contributed by atoms with Crippen LogP contribution in [0.4, 0.5) is 0 Å². The van der Waals surface area contributed by atoms with E-state index in [2.05, 4.69) is 15.9 Å². The predicted molar refractivity (Wildman–Crippen MR) is 149 cm³/mol. The van der Waals surface area contributed by atoms with E-state index in [4.69, 9.17) is 0 Å². The molecule has 198 valence electrons. The number of amides is 2. The highest BCUT2D eigenvalue weighted by Crippen LogP contribution is 2.48. The smallest absolute Gasteiger partial charge is 0.234 e. The molecule has 2 aromatic rings. The molecule has 2 heterocycles. The van der Waals surface area contributed by atoms with Crippen LogP contribution in [0.3, 0.4) is 0 Å². The van der Waals surface area contributed by atoms with Gasteiger partial charge >= 0.3 is 0 Å². The first-order valence-corrected chi connectivity index (χ1v) is 14.3.